The SMILES string of the molecule is CC(C)(C)OC(=O)N1C[C@H]2CC(O)C[C@H]2C1.CC(C)(C)OC(=O)N1C[C@H]2CC(OS(C)(=O)=O)C[C@H]2C1.CS(=O)(=O)Cl. The maximum Gasteiger partial charge on any atom is 0.410 e. The van der Waals surface area contributed by atoms with Crippen molar-refractivity contribution in [2.24, 2.45) is 23.7 Å². The number of aliphatic hydroxyl groups excluding tert-OH is 1. The number of carbonyl (C=O) groups is 2. The molecular weight excluding hydrogens is 600 g/mol. The van der Waals surface area contributed by atoms with Crippen molar-refractivity contribution in [2.75, 3.05) is 38.7 Å². The van der Waals surface area contributed by atoms with Crippen molar-refractivity contribution in [3.05, 3.63) is 0 Å². The Hall–Kier alpha value is -1.35. The number of hydrogen-bond donors (Lipinski definition) is 1. The summed E-state index contributed by atoms with van der Waals surface area (Å²) in [4.78, 5) is 27.3. The molecule has 2 aliphatic carbocycles. The first kappa shape index (κ1) is 35.8. The molecule has 4 fully saturated rings. The predicted molar refractivity (Wildman–Crippen MR) is 154 cm³/mol. The van der Waals surface area contributed by atoms with E-state index in [1.807, 2.05) is 41.5 Å². The van der Waals surface area contributed by atoms with E-state index < -0.39 is 30.4 Å². The molecule has 0 spiro atoms. The normalized spacial score (nSPS) is 29.5. The Balaban J connectivity index is 0.000000251. The summed E-state index contributed by atoms with van der Waals surface area (Å²) in [6, 6.07) is 0. The molecular formula is C26H47ClN2O10S2. The molecule has 0 aromatic heterocycles. The maximum atomic E-state index is 12.0. The predicted octanol–water partition coefficient (Wildman–Crippen LogP) is 3.42. The van der Waals surface area contributed by atoms with Crippen LogP contribution in [0.4, 0.5) is 9.59 Å². The Labute approximate surface area is 249 Å². The van der Waals surface area contributed by atoms with Crippen LogP contribution in [-0.2, 0) is 32.8 Å². The zero-order valence-electron chi connectivity index (χ0n) is 25.3. The molecule has 2 heterocycles. The van der Waals surface area contributed by atoms with Crippen molar-refractivity contribution in [3.8, 4) is 0 Å². The minimum Gasteiger partial charge on any atom is -0.444 e. The zero-order chi connectivity index (χ0) is 31.6. The zero-order valence-corrected chi connectivity index (χ0v) is 27.7. The fourth-order valence-corrected chi connectivity index (χ4v) is 6.44. The number of fused-ring (bicyclic) bond motifs is 2. The molecule has 41 heavy (non-hydrogen) atoms. The Kier molecular flexibility index (Phi) is 11.8. The van der Waals surface area contributed by atoms with Gasteiger partial charge in [0.05, 0.1) is 24.7 Å². The number of ether oxygens (including phenoxy) is 2. The summed E-state index contributed by atoms with van der Waals surface area (Å²) in [7, 11) is -2.09. The molecule has 0 bridgehead atoms. The van der Waals surface area contributed by atoms with Crippen LogP contribution in [0.3, 0.4) is 0 Å². The second-order valence-electron chi connectivity index (χ2n) is 13.5. The lowest BCUT2D eigenvalue weighted by molar-refractivity contribution is 0.0261. The molecule has 2 unspecified atom stereocenters. The molecule has 12 nitrogen and oxygen atoms in total. The molecule has 6 atom stereocenters. The molecule has 0 aromatic rings. The van der Waals surface area contributed by atoms with Gasteiger partial charge in [-0.15, -0.1) is 0 Å². The van der Waals surface area contributed by atoms with E-state index >= 15 is 0 Å². The van der Waals surface area contributed by atoms with E-state index in [-0.39, 0.29) is 24.4 Å². The number of carbonyl (C=O) groups excluding carboxylic acids is 2. The molecule has 2 aliphatic heterocycles. The van der Waals surface area contributed by atoms with E-state index in [4.69, 9.17) is 13.7 Å². The fourth-order valence-electron chi connectivity index (χ4n) is 5.79. The second-order valence-corrected chi connectivity index (χ2v) is 18.2. The van der Waals surface area contributed by atoms with Gasteiger partial charge in [0, 0.05) is 36.9 Å². The Morgan fingerprint density at radius 2 is 1.00 bits per heavy atom. The highest BCUT2D eigenvalue weighted by Gasteiger charge is 2.45. The topological polar surface area (TPSA) is 157 Å². The van der Waals surface area contributed by atoms with Gasteiger partial charge in [-0.3, -0.25) is 4.18 Å². The van der Waals surface area contributed by atoms with Gasteiger partial charge in [0.15, 0.2) is 0 Å². The highest BCUT2D eigenvalue weighted by Crippen LogP contribution is 2.40. The van der Waals surface area contributed by atoms with E-state index in [9.17, 15) is 31.5 Å². The Morgan fingerprint density at radius 3 is 1.27 bits per heavy atom. The van der Waals surface area contributed by atoms with Gasteiger partial charge in [0.25, 0.3) is 10.1 Å². The van der Waals surface area contributed by atoms with Crippen LogP contribution in [0, 0.1) is 23.7 Å². The van der Waals surface area contributed by atoms with Crippen LogP contribution in [-0.4, -0.2) is 106 Å². The highest BCUT2D eigenvalue weighted by molar-refractivity contribution is 8.13. The Morgan fingerprint density at radius 1 is 0.707 bits per heavy atom. The van der Waals surface area contributed by atoms with E-state index in [1.54, 1.807) is 9.80 Å². The van der Waals surface area contributed by atoms with Gasteiger partial charge in [-0.1, -0.05) is 0 Å². The number of amides is 2. The largest absolute Gasteiger partial charge is 0.444 e. The van der Waals surface area contributed by atoms with Crippen molar-refractivity contribution in [1.82, 2.24) is 9.80 Å². The maximum absolute atomic E-state index is 12.0. The van der Waals surface area contributed by atoms with Crippen molar-refractivity contribution in [2.45, 2.75) is 90.6 Å². The second kappa shape index (κ2) is 13.5. The van der Waals surface area contributed by atoms with Gasteiger partial charge < -0.3 is 24.4 Å². The number of halogens is 1. The van der Waals surface area contributed by atoms with E-state index in [0.29, 0.717) is 49.6 Å². The molecule has 0 aromatic carbocycles. The molecule has 4 rings (SSSR count). The lowest BCUT2D eigenvalue weighted by Gasteiger charge is -2.25. The van der Waals surface area contributed by atoms with Crippen LogP contribution in [0.25, 0.3) is 0 Å². The summed E-state index contributed by atoms with van der Waals surface area (Å²) in [5.74, 6) is 1.58. The van der Waals surface area contributed by atoms with Crippen LogP contribution in [0.5, 0.6) is 0 Å². The summed E-state index contributed by atoms with van der Waals surface area (Å²) in [5, 5.41) is 9.51. The average molecular weight is 647 g/mol. The fraction of sp³-hybridized carbons (Fsp3) is 0.923. The molecule has 4 aliphatic rings. The van der Waals surface area contributed by atoms with Crippen LogP contribution in [0.1, 0.15) is 67.2 Å². The first-order chi connectivity index (χ1) is 18.4. The molecule has 240 valence electrons. The summed E-state index contributed by atoms with van der Waals surface area (Å²) < 4.78 is 56.8. The number of nitrogens with zero attached hydrogens (tertiary/aromatic N) is 2. The summed E-state index contributed by atoms with van der Waals surface area (Å²) >= 11 is 0. The quantitative estimate of drug-likeness (QED) is 0.348. The summed E-state index contributed by atoms with van der Waals surface area (Å²) in [6.07, 6.45) is 4.17. The standard InChI is InChI=1S/C13H23NO5S.C12H21NO3.CH3ClO2S/c1-13(2,3)18-12(15)14-7-9-5-11(6-10(9)8-14)19-20(4,16)17;1-12(2,3)16-11(15)13-6-8-4-10(14)5-9(8)7-13;1-5(2,3)4/h9-11H,5-8H2,1-4H3;8-10,14H,4-7H2,1-3H3;1H3/t9-,10+,11?;8-,9+,10?;. The van der Waals surface area contributed by atoms with E-state index in [2.05, 4.69) is 10.7 Å². The number of hydrogen-bond acceptors (Lipinski definition) is 10. The van der Waals surface area contributed by atoms with Crippen molar-refractivity contribution in [3.63, 3.8) is 0 Å². The molecule has 15 heteroatoms. The third-order valence-corrected chi connectivity index (χ3v) is 7.67. The summed E-state index contributed by atoms with van der Waals surface area (Å²) in [5.41, 5.74) is -0.912. The molecule has 2 saturated carbocycles. The van der Waals surface area contributed by atoms with Crippen molar-refractivity contribution < 1.29 is 45.2 Å². The molecule has 0 radical (unpaired) electrons. The minimum atomic E-state index is -3.40. The van der Waals surface area contributed by atoms with Crippen molar-refractivity contribution in [1.29, 1.82) is 0 Å². The van der Waals surface area contributed by atoms with Crippen LogP contribution in [0.2, 0.25) is 0 Å². The lowest BCUT2D eigenvalue weighted by atomic mass is 10.0. The van der Waals surface area contributed by atoms with E-state index in [0.717, 1.165) is 38.4 Å². The summed E-state index contributed by atoms with van der Waals surface area (Å²) in [6.45, 7) is 13.9. The Bertz CT molecular complexity index is 1100. The van der Waals surface area contributed by atoms with Gasteiger partial charge in [0.1, 0.15) is 11.2 Å². The van der Waals surface area contributed by atoms with E-state index in [1.165, 1.54) is 0 Å². The first-order valence-corrected chi connectivity index (χ1v) is 18.3. The lowest BCUT2D eigenvalue weighted by Crippen LogP contribution is -2.36. The van der Waals surface area contributed by atoms with Gasteiger partial charge in [-0.2, -0.15) is 8.42 Å². The van der Waals surface area contributed by atoms with Crippen LogP contribution >= 0.6 is 10.7 Å². The van der Waals surface area contributed by atoms with Gasteiger partial charge in [-0.25, -0.2) is 18.0 Å². The van der Waals surface area contributed by atoms with Gasteiger partial charge in [0.2, 0.25) is 9.05 Å². The minimum absolute atomic E-state index is 0.157. The first-order valence-electron chi connectivity index (χ1n) is 13.8. The molecule has 2 saturated heterocycles. The number of rotatable bonds is 2. The smallest absolute Gasteiger partial charge is 0.410 e. The number of likely N-dealkylation sites (tertiary alicyclic amines) is 2. The highest BCUT2D eigenvalue weighted by atomic mass is 35.7. The van der Waals surface area contributed by atoms with Crippen molar-refractivity contribution >= 4 is 42.0 Å². The monoisotopic (exact) mass is 646 g/mol. The van der Waals surface area contributed by atoms with Crippen LogP contribution in [0.15, 0.2) is 0 Å². The van der Waals surface area contributed by atoms with Gasteiger partial charge in [-0.05, 0) is 90.9 Å². The number of aliphatic hydroxyl groups is 1. The van der Waals surface area contributed by atoms with Gasteiger partial charge >= 0.3 is 12.2 Å². The van der Waals surface area contributed by atoms with Crippen LogP contribution < -0.4 is 0 Å². The molecule has 1 N–H and O–H groups in total. The third kappa shape index (κ3) is 13.7. The molecule has 2 amide bonds. The average Bonchev–Trinajstić information content (AvgIpc) is 3.42. The third-order valence-electron chi connectivity index (χ3n) is 7.05.